The molecule has 4 heteroatoms. The zero-order valence-electron chi connectivity index (χ0n) is 7.44. The SMILES string of the molecule is COC(=O)c1cncc(C#CC#N)c1. The maximum atomic E-state index is 11.1. The fraction of sp³-hybridized carbons (Fsp3) is 0.100. The van der Waals surface area contributed by atoms with E-state index in [1.54, 1.807) is 6.07 Å². The molecule has 0 saturated heterocycles. The highest BCUT2D eigenvalue weighted by Gasteiger charge is 2.04. The van der Waals surface area contributed by atoms with E-state index in [-0.39, 0.29) is 0 Å². The van der Waals surface area contributed by atoms with Crippen LogP contribution in [-0.4, -0.2) is 18.1 Å². The molecular formula is C10H6N2O2. The summed E-state index contributed by atoms with van der Waals surface area (Å²) in [6, 6.07) is 3.19. The van der Waals surface area contributed by atoms with Gasteiger partial charge in [0, 0.05) is 23.9 Å². The zero-order chi connectivity index (χ0) is 10.4. The standard InChI is InChI=1S/C10H6N2O2/c1-14-10(13)9-5-8(3-2-4-11)6-12-7-9/h5-7H,1H3. The smallest absolute Gasteiger partial charge is 0.339 e. The van der Waals surface area contributed by atoms with Gasteiger partial charge in [-0.3, -0.25) is 4.98 Å². The van der Waals surface area contributed by atoms with Gasteiger partial charge in [0.25, 0.3) is 0 Å². The van der Waals surface area contributed by atoms with Crippen LogP contribution >= 0.6 is 0 Å². The van der Waals surface area contributed by atoms with Gasteiger partial charge in [-0.25, -0.2) is 4.79 Å². The number of aromatic nitrogens is 1. The highest BCUT2D eigenvalue weighted by atomic mass is 16.5. The molecule has 0 saturated carbocycles. The summed E-state index contributed by atoms with van der Waals surface area (Å²) in [5.74, 6) is 4.27. The Kier molecular flexibility index (Phi) is 3.23. The Morgan fingerprint density at radius 1 is 1.57 bits per heavy atom. The lowest BCUT2D eigenvalue weighted by molar-refractivity contribution is 0.0600. The molecule has 0 amide bonds. The van der Waals surface area contributed by atoms with E-state index in [1.807, 2.05) is 0 Å². The quantitative estimate of drug-likeness (QED) is 0.479. The number of esters is 1. The van der Waals surface area contributed by atoms with E-state index in [9.17, 15) is 4.79 Å². The zero-order valence-corrected chi connectivity index (χ0v) is 7.44. The molecule has 68 valence electrons. The van der Waals surface area contributed by atoms with E-state index in [0.29, 0.717) is 11.1 Å². The summed E-state index contributed by atoms with van der Waals surface area (Å²) >= 11 is 0. The summed E-state index contributed by atoms with van der Waals surface area (Å²) in [5.41, 5.74) is 0.826. The third-order valence-electron chi connectivity index (χ3n) is 1.42. The minimum absolute atomic E-state index is 0.317. The summed E-state index contributed by atoms with van der Waals surface area (Å²) in [7, 11) is 1.29. The van der Waals surface area contributed by atoms with E-state index in [0.717, 1.165) is 0 Å². The fourth-order valence-corrected chi connectivity index (χ4v) is 0.838. The topological polar surface area (TPSA) is 63.0 Å². The first-order valence-corrected chi connectivity index (χ1v) is 3.71. The largest absolute Gasteiger partial charge is 0.465 e. The normalized spacial score (nSPS) is 8.00. The van der Waals surface area contributed by atoms with E-state index >= 15 is 0 Å². The van der Waals surface area contributed by atoms with Gasteiger partial charge in [0.15, 0.2) is 6.07 Å². The minimum Gasteiger partial charge on any atom is -0.465 e. The number of rotatable bonds is 1. The molecule has 0 aliphatic carbocycles. The van der Waals surface area contributed by atoms with Crippen LogP contribution in [0.2, 0.25) is 0 Å². The first-order chi connectivity index (χ1) is 6.77. The summed E-state index contributed by atoms with van der Waals surface area (Å²) in [4.78, 5) is 14.9. The molecule has 0 aliphatic rings. The van der Waals surface area contributed by atoms with Crippen molar-refractivity contribution in [3.63, 3.8) is 0 Å². The van der Waals surface area contributed by atoms with Gasteiger partial charge in [0.1, 0.15) is 0 Å². The first kappa shape index (κ1) is 9.76. The molecule has 0 unspecified atom stereocenters. The molecule has 0 aromatic carbocycles. The van der Waals surface area contributed by atoms with Crippen LogP contribution in [0.5, 0.6) is 0 Å². The molecule has 0 N–H and O–H groups in total. The van der Waals surface area contributed by atoms with Crippen LogP contribution < -0.4 is 0 Å². The third-order valence-corrected chi connectivity index (χ3v) is 1.42. The lowest BCUT2D eigenvalue weighted by atomic mass is 10.2. The maximum absolute atomic E-state index is 11.1. The Balaban J connectivity index is 3.02. The molecule has 0 fully saturated rings. The van der Waals surface area contributed by atoms with Crippen molar-refractivity contribution in [3.8, 4) is 17.9 Å². The van der Waals surface area contributed by atoms with Gasteiger partial charge in [-0.1, -0.05) is 0 Å². The number of ether oxygens (including phenoxy) is 1. The number of nitrogens with zero attached hydrogens (tertiary/aromatic N) is 2. The molecule has 1 heterocycles. The molecule has 0 spiro atoms. The monoisotopic (exact) mass is 186 g/mol. The molecular weight excluding hydrogens is 180 g/mol. The van der Waals surface area contributed by atoms with E-state index in [4.69, 9.17) is 5.26 Å². The van der Waals surface area contributed by atoms with Crippen LogP contribution in [0.3, 0.4) is 0 Å². The summed E-state index contributed by atoms with van der Waals surface area (Å²) in [5, 5.41) is 8.22. The van der Waals surface area contributed by atoms with Crippen molar-refractivity contribution in [3.05, 3.63) is 29.6 Å². The number of carbonyl (C=O) groups is 1. The molecule has 0 aliphatic heterocycles. The highest BCUT2D eigenvalue weighted by molar-refractivity contribution is 5.89. The number of hydrogen-bond acceptors (Lipinski definition) is 4. The predicted octanol–water partition coefficient (Wildman–Crippen LogP) is 0.743. The second-order valence-electron chi connectivity index (χ2n) is 2.32. The molecule has 14 heavy (non-hydrogen) atoms. The van der Waals surface area contributed by atoms with Crippen LogP contribution in [0.25, 0.3) is 0 Å². The van der Waals surface area contributed by atoms with Gasteiger partial charge in [-0.05, 0) is 12.0 Å². The van der Waals surface area contributed by atoms with Crippen LogP contribution in [-0.2, 0) is 4.74 Å². The van der Waals surface area contributed by atoms with Crippen molar-refractivity contribution in [1.82, 2.24) is 4.98 Å². The van der Waals surface area contributed by atoms with E-state index in [2.05, 4.69) is 21.6 Å². The Labute approximate surface area is 81.1 Å². The van der Waals surface area contributed by atoms with Crippen LogP contribution in [0.4, 0.5) is 0 Å². The number of nitriles is 1. The highest BCUT2D eigenvalue weighted by Crippen LogP contribution is 2.02. The van der Waals surface area contributed by atoms with Gasteiger partial charge < -0.3 is 4.74 Å². The molecule has 1 rings (SSSR count). The predicted molar refractivity (Wildman–Crippen MR) is 48.1 cm³/mol. The van der Waals surface area contributed by atoms with Crippen molar-refractivity contribution in [1.29, 1.82) is 5.26 Å². The van der Waals surface area contributed by atoms with Crippen molar-refractivity contribution in [2.24, 2.45) is 0 Å². The molecule has 1 aromatic heterocycles. The molecule has 0 atom stereocenters. The summed E-state index contributed by atoms with van der Waals surface area (Å²) in [6.07, 6.45) is 2.85. The Morgan fingerprint density at radius 2 is 2.36 bits per heavy atom. The number of hydrogen-bond donors (Lipinski definition) is 0. The van der Waals surface area contributed by atoms with Crippen molar-refractivity contribution >= 4 is 5.97 Å². The van der Waals surface area contributed by atoms with Crippen LogP contribution in [0, 0.1) is 23.2 Å². The molecule has 1 aromatic rings. The van der Waals surface area contributed by atoms with Gasteiger partial charge in [-0.15, -0.1) is 0 Å². The average Bonchev–Trinajstić information content (AvgIpc) is 2.25. The summed E-state index contributed by atoms with van der Waals surface area (Å²) < 4.78 is 4.50. The maximum Gasteiger partial charge on any atom is 0.339 e. The number of carbonyl (C=O) groups excluding carboxylic acids is 1. The minimum atomic E-state index is -0.474. The van der Waals surface area contributed by atoms with E-state index in [1.165, 1.54) is 25.6 Å². The Hall–Kier alpha value is -2.33. The molecule has 0 radical (unpaired) electrons. The lowest BCUT2D eigenvalue weighted by Gasteiger charge is -1.97. The van der Waals surface area contributed by atoms with Crippen molar-refractivity contribution < 1.29 is 9.53 Å². The average molecular weight is 186 g/mol. The van der Waals surface area contributed by atoms with Gasteiger partial charge >= 0.3 is 5.97 Å². The molecule has 4 nitrogen and oxygen atoms in total. The van der Waals surface area contributed by atoms with Crippen LogP contribution in [0.15, 0.2) is 18.5 Å². The second-order valence-corrected chi connectivity index (χ2v) is 2.32. The first-order valence-electron chi connectivity index (χ1n) is 3.71. The number of methoxy groups -OCH3 is 1. The van der Waals surface area contributed by atoms with Gasteiger partial charge in [-0.2, -0.15) is 5.26 Å². The lowest BCUT2D eigenvalue weighted by Crippen LogP contribution is -2.01. The fourth-order valence-electron chi connectivity index (χ4n) is 0.838. The van der Waals surface area contributed by atoms with E-state index < -0.39 is 5.97 Å². The number of pyridine rings is 1. The van der Waals surface area contributed by atoms with Crippen molar-refractivity contribution in [2.45, 2.75) is 0 Å². The van der Waals surface area contributed by atoms with Gasteiger partial charge in [0.2, 0.25) is 0 Å². The molecule has 0 bridgehead atoms. The summed E-state index contributed by atoms with van der Waals surface area (Å²) in [6.45, 7) is 0. The van der Waals surface area contributed by atoms with Crippen molar-refractivity contribution in [2.75, 3.05) is 7.11 Å². The Bertz CT molecular complexity index is 449. The van der Waals surface area contributed by atoms with Gasteiger partial charge in [0.05, 0.1) is 12.7 Å². The Morgan fingerprint density at radius 3 is 3.00 bits per heavy atom. The second kappa shape index (κ2) is 4.64. The third kappa shape index (κ3) is 2.33. The van der Waals surface area contributed by atoms with Crippen LogP contribution in [0.1, 0.15) is 15.9 Å².